The molecule has 2 N–H and O–H groups in total. The molecule has 0 aliphatic carbocycles. The molecule has 1 fully saturated rings. The lowest BCUT2D eigenvalue weighted by molar-refractivity contribution is -0.142. The summed E-state index contributed by atoms with van der Waals surface area (Å²) in [5.41, 5.74) is 0.223. The van der Waals surface area contributed by atoms with Crippen molar-refractivity contribution in [2.45, 2.75) is 12.5 Å². The Balaban J connectivity index is 2.36. The van der Waals surface area contributed by atoms with Crippen molar-refractivity contribution in [3.63, 3.8) is 0 Å². The fourth-order valence-corrected chi connectivity index (χ4v) is 1.90. The van der Waals surface area contributed by atoms with Gasteiger partial charge in [-0.3, -0.25) is 9.59 Å². The molecule has 2 atom stereocenters. The molecule has 1 aromatic rings. The number of hydrogen-bond acceptors (Lipinski definition) is 2. The molecule has 2 unspecified atom stereocenters. The molecular weight excluding hydrogens is 213 g/mol. The number of carbonyl (C=O) groups excluding carboxylic acids is 1. The Bertz CT molecular complexity index is 447. The molecule has 1 aliphatic heterocycles. The summed E-state index contributed by atoms with van der Waals surface area (Å²) in [5.74, 6) is -2.85. The highest BCUT2D eigenvalue weighted by atomic mass is 19.1. The molecule has 84 valence electrons. The van der Waals surface area contributed by atoms with Gasteiger partial charge >= 0.3 is 5.97 Å². The fraction of sp³-hybridized carbons (Fsp3) is 0.273. The van der Waals surface area contributed by atoms with E-state index in [0.29, 0.717) is 0 Å². The minimum atomic E-state index is -1.09. The second-order valence-corrected chi connectivity index (χ2v) is 3.72. The highest BCUT2D eigenvalue weighted by Crippen LogP contribution is 2.31. The zero-order chi connectivity index (χ0) is 11.7. The van der Waals surface area contributed by atoms with Crippen LogP contribution in [0.15, 0.2) is 24.3 Å². The standard InChI is InChI=1S/C11H10FNO3/c12-8-4-2-1-3-6(8)10-7(11(15)16)5-9(14)13-10/h1-4,7,10H,5H2,(H,13,14)(H,15,16). The number of carboxylic acid groups (broad SMARTS) is 1. The molecule has 0 aromatic heterocycles. The molecule has 1 aromatic carbocycles. The Morgan fingerprint density at radius 2 is 2.12 bits per heavy atom. The number of aliphatic carboxylic acids is 1. The molecule has 5 heteroatoms. The minimum Gasteiger partial charge on any atom is -0.481 e. The maximum absolute atomic E-state index is 13.5. The van der Waals surface area contributed by atoms with E-state index in [-0.39, 0.29) is 17.9 Å². The third-order valence-electron chi connectivity index (χ3n) is 2.68. The molecule has 1 saturated heterocycles. The number of carboxylic acids is 1. The largest absolute Gasteiger partial charge is 0.481 e. The van der Waals surface area contributed by atoms with Gasteiger partial charge in [0.25, 0.3) is 0 Å². The smallest absolute Gasteiger partial charge is 0.309 e. The van der Waals surface area contributed by atoms with E-state index in [1.54, 1.807) is 6.07 Å². The molecule has 2 rings (SSSR count). The van der Waals surface area contributed by atoms with Crippen molar-refractivity contribution in [1.29, 1.82) is 0 Å². The van der Waals surface area contributed by atoms with Crippen LogP contribution in [0.5, 0.6) is 0 Å². The highest BCUT2D eigenvalue weighted by molar-refractivity contribution is 5.87. The van der Waals surface area contributed by atoms with Crippen LogP contribution in [-0.2, 0) is 9.59 Å². The lowest BCUT2D eigenvalue weighted by Gasteiger charge is -2.16. The van der Waals surface area contributed by atoms with Crippen LogP contribution in [0.1, 0.15) is 18.0 Å². The van der Waals surface area contributed by atoms with Crippen molar-refractivity contribution in [3.8, 4) is 0 Å². The Labute approximate surface area is 91.1 Å². The topological polar surface area (TPSA) is 66.4 Å². The maximum atomic E-state index is 13.5. The van der Waals surface area contributed by atoms with Crippen molar-refractivity contribution in [3.05, 3.63) is 35.6 Å². The predicted octanol–water partition coefficient (Wildman–Crippen LogP) is 1.09. The van der Waals surface area contributed by atoms with Crippen LogP contribution >= 0.6 is 0 Å². The Hall–Kier alpha value is -1.91. The molecule has 1 heterocycles. The van der Waals surface area contributed by atoms with Crippen molar-refractivity contribution in [1.82, 2.24) is 5.32 Å². The van der Waals surface area contributed by atoms with Crippen LogP contribution < -0.4 is 5.32 Å². The van der Waals surface area contributed by atoms with Gasteiger partial charge in [0.05, 0.1) is 12.0 Å². The Morgan fingerprint density at radius 1 is 1.44 bits per heavy atom. The summed E-state index contributed by atoms with van der Waals surface area (Å²) in [5, 5.41) is 11.4. The van der Waals surface area contributed by atoms with Crippen molar-refractivity contribution < 1.29 is 19.1 Å². The number of halogens is 1. The zero-order valence-corrected chi connectivity index (χ0v) is 8.31. The number of benzene rings is 1. The third-order valence-corrected chi connectivity index (χ3v) is 2.68. The SMILES string of the molecule is O=C1CC(C(=O)O)C(c2ccccc2F)N1. The number of amides is 1. The Kier molecular flexibility index (Phi) is 2.60. The van der Waals surface area contributed by atoms with Crippen LogP contribution in [0.2, 0.25) is 0 Å². The summed E-state index contributed by atoms with van der Waals surface area (Å²) in [6.07, 6.45) is -0.103. The average Bonchev–Trinajstić information content (AvgIpc) is 2.61. The van der Waals surface area contributed by atoms with E-state index in [4.69, 9.17) is 5.11 Å². The van der Waals surface area contributed by atoms with Crippen molar-refractivity contribution in [2.24, 2.45) is 5.92 Å². The van der Waals surface area contributed by atoms with Gasteiger partial charge in [0.1, 0.15) is 5.82 Å². The second kappa shape index (κ2) is 3.92. The van der Waals surface area contributed by atoms with E-state index in [0.717, 1.165) is 0 Å². The molecule has 4 nitrogen and oxygen atoms in total. The van der Waals surface area contributed by atoms with Gasteiger partial charge in [0, 0.05) is 12.0 Å². The summed E-state index contributed by atoms with van der Waals surface area (Å²) in [6.45, 7) is 0. The van der Waals surface area contributed by atoms with Crippen LogP contribution in [0.25, 0.3) is 0 Å². The van der Waals surface area contributed by atoms with Crippen LogP contribution in [0.3, 0.4) is 0 Å². The summed E-state index contributed by atoms with van der Waals surface area (Å²) in [4.78, 5) is 22.1. The molecule has 16 heavy (non-hydrogen) atoms. The summed E-state index contributed by atoms with van der Waals surface area (Å²) >= 11 is 0. The van der Waals surface area contributed by atoms with E-state index in [2.05, 4.69) is 5.32 Å². The fourth-order valence-electron chi connectivity index (χ4n) is 1.90. The molecule has 1 amide bonds. The van der Waals surface area contributed by atoms with Crippen LogP contribution in [-0.4, -0.2) is 17.0 Å². The summed E-state index contributed by atoms with van der Waals surface area (Å²) < 4.78 is 13.5. The van der Waals surface area contributed by atoms with Gasteiger partial charge in [-0.05, 0) is 6.07 Å². The minimum absolute atomic E-state index is 0.103. The number of hydrogen-bond donors (Lipinski definition) is 2. The molecular formula is C11H10FNO3. The van der Waals surface area contributed by atoms with Crippen LogP contribution in [0.4, 0.5) is 4.39 Å². The quantitative estimate of drug-likeness (QED) is 0.788. The molecule has 0 radical (unpaired) electrons. The first kappa shape index (κ1) is 10.6. The normalized spacial score (nSPS) is 24.2. The number of carbonyl (C=O) groups is 2. The monoisotopic (exact) mass is 223 g/mol. The van der Waals surface area contributed by atoms with E-state index in [9.17, 15) is 14.0 Å². The lowest BCUT2D eigenvalue weighted by atomic mass is 9.94. The number of rotatable bonds is 2. The zero-order valence-electron chi connectivity index (χ0n) is 8.31. The van der Waals surface area contributed by atoms with E-state index < -0.39 is 23.7 Å². The molecule has 0 spiro atoms. The Morgan fingerprint density at radius 3 is 2.75 bits per heavy atom. The highest BCUT2D eigenvalue weighted by Gasteiger charge is 2.39. The van der Waals surface area contributed by atoms with Gasteiger partial charge in [-0.2, -0.15) is 0 Å². The first-order chi connectivity index (χ1) is 7.59. The molecule has 0 saturated carbocycles. The van der Waals surface area contributed by atoms with Crippen LogP contribution in [0, 0.1) is 11.7 Å². The number of nitrogens with one attached hydrogen (secondary N) is 1. The van der Waals surface area contributed by atoms with Gasteiger partial charge in [-0.25, -0.2) is 4.39 Å². The average molecular weight is 223 g/mol. The van der Waals surface area contributed by atoms with Crippen molar-refractivity contribution >= 4 is 11.9 Å². The van der Waals surface area contributed by atoms with Gasteiger partial charge < -0.3 is 10.4 Å². The molecule has 1 aliphatic rings. The van der Waals surface area contributed by atoms with Gasteiger partial charge in [0.2, 0.25) is 5.91 Å². The first-order valence-electron chi connectivity index (χ1n) is 4.86. The second-order valence-electron chi connectivity index (χ2n) is 3.72. The third kappa shape index (κ3) is 1.76. The van der Waals surface area contributed by atoms with E-state index in [1.165, 1.54) is 18.2 Å². The lowest BCUT2D eigenvalue weighted by Crippen LogP contribution is -2.25. The van der Waals surface area contributed by atoms with Gasteiger partial charge in [0.15, 0.2) is 0 Å². The van der Waals surface area contributed by atoms with E-state index >= 15 is 0 Å². The molecule has 0 bridgehead atoms. The van der Waals surface area contributed by atoms with Gasteiger partial charge in [-0.1, -0.05) is 18.2 Å². The first-order valence-corrected chi connectivity index (χ1v) is 4.86. The van der Waals surface area contributed by atoms with Crippen molar-refractivity contribution in [2.75, 3.05) is 0 Å². The van der Waals surface area contributed by atoms with E-state index in [1.807, 2.05) is 0 Å². The summed E-state index contributed by atoms with van der Waals surface area (Å²) in [6, 6.07) is 5.10. The predicted molar refractivity (Wildman–Crippen MR) is 53.0 cm³/mol. The summed E-state index contributed by atoms with van der Waals surface area (Å²) in [7, 11) is 0. The van der Waals surface area contributed by atoms with Gasteiger partial charge in [-0.15, -0.1) is 0 Å². The maximum Gasteiger partial charge on any atom is 0.309 e.